The molecule has 0 saturated carbocycles. The topological polar surface area (TPSA) is 43.4 Å². The summed E-state index contributed by atoms with van der Waals surface area (Å²) in [6, 6.07) is 4.00. The monoisotopic (exact) mass is 330 g/mol. The highest BCUT2D eigenvalue weighted by Crippen LogP contribution is 2.36. The molecule has 0 N–H and O–H groups in total. The van der Waals surface area contributed by atoms with Crippen LogP contribution in [0.1, 0.15) is 77.0 Å². The van der Waals surface area contributed by atoms with Crippen LogP contribution in [0.2, 0.25) is 0 Å². The maximum Gasteiger partial charge on any atom is 0.134 e. The van der Waals surface area contributed by atoms with Gasteiger partial charge in [0.2, 0.25) is 0 Å². The molecule has 0 aliphatic heterocycles. The summed E-state index contributed by atoms with van der Waals surface area (Å²) in [6.45, 7) is 12.6. The van der Waals surface area contributed by atoms with Gasteiger partial charge in [-0.1, -0.05) is 41.5 Å². The number of hydrogen-bond donors (Lipinski definition) is 0. The smallest absolute Gasteiger partial charge is 0.134 e. The van der Waals surface area contributed by atoms with Gasteiger partial charge in [0.1, 0.15) is 17.3 Å². The van der Waals surface area contributed by atoms with Gasteiger partial charge in [0.15, 0.2) is 0 Å². The highest BCUT2D eigenvalue weighted by atomic mass is 16.3. The Morgan fingerprint density at radius 3 is 1.54 bits per heavy atom. The Bertz CT molecular complexity index is 627. The summed E-state index contributed by atoms with van der Waals surface area (Å²) in [5, 5.41) is 0. The van der Waals surface area contributed by atoms with Crippen molar-refractivity contribution >= 4 is 5.78 Å². The fraction of sp³-hybridized carbons (Fsp3) is 0.571. The lowest BCUT2D eigenvalue weighted by Crippen LogP contribution is -2.28. The molecule has 3 nitrogen and oxygen atoms in total. The van der Waals surface area contributed by atoms with Gasteiger partial charge in [0.25, 0.3) is 0 Å². The average molecular weight is 330 g/mol. The summed E-state index contributed by atoms with van der Waals surface area (Å²) in [5.41, 5.74) is 1.79. The summed E-state index contributed by atoms with van der Waals surface area (Å²) in [7, 11) is 0. The van der Waals surface area contributed by atoms with E-state index in [1.165, 1.54) is 11.1 Å². The van der Waals surface area contributed by atoms with Gasteiger partial charge in [0.05, 0.1) is 12.5 Å². The van der Waals surface area contributed by atoms with Gasteiger partial charge in [0, 0.05) is 23.7 Å². The summed E-state index contributed by atoms with van der Waals surface area (Å²) in [5.74, 6) is 2.11. The standard InChI is InChI=1S/C21H30O3/c1-7-15-9-11-23-18(15)20(3,4)13-17(22)14-21(5,6)19-16(8-2)10-12-24-19/h9-12H,7-8,13-14H2,1-6H3. The van der Waals surface area contributed by atoms with E-state index in [4.69, 9.17) is 8.83 Å². The van der Waals surface area contributed by atoms with E-state index in [-0.39, 0.29) is 16.6 Å². The second kappa shape index (κ2) is 7.00. The molecule has 0 amide bonds. The molecular weight excluding hydrogens is 300 g/mol. The molecular formula is C21H30O3. The highest BCUT2D eigenvalue weighted by molar-refractivity contribution is 5.81. The minimum Gasteiger partial charge on any atom is -0.468 e. The fourth-order valence-electron chi connectivity index (χ4n) is 3.63. The number of hydrogen-bond acceptors (Lipinski definition) is 3. The van der Waals surface area contributed by atoms with Crippen LogP contribution in [-0.2, 0) is 28.5 Å². The zero-order chi connectivity index (χ0) is 18.0. The first-order valence-corrected chi connectivity index (χ1v) is 8.86. The van der Waals surface area contributed by atoms with Crippen LogP contribution in [0, 0.1) is 0 Å². The van der Waals surface area contributed by atoms with E-state index in [1.807, 2.05) is 12.1 Å². The molecule has 2 heterocycles. The Kier molecular flexibility index (Phi) is 5.42. The van der Waals surface area contributed by atoms with Crippen LogP contribution in [0.25, 0.3) is 0 Å². The molecule has 0 fully saturated rings. The van der Waals surface area contributed by atoms with Gasteiger partial charge in [-0.05, 0) is 36.1 Å². The third kappa shape index (κ3) is 3.82. The first-order valence-electron chi connectivity index (χ1n) is 8.86. The van der Waals surface area contributed by atoms with Gasteiger partial charge < -0.3 is 8.83 Å². The van der Waals surface area contributed by atoms with Crippen LogP contribution in [0.15, 0.2) is 33.5 Å². The first kappa shape index (κ1) is 18.6. The van der Waals surface area contributed by atoms with E-state index in [1.54, 1.807) is 12.5 Å². The quantitative estimate of drug-likeness (QED) is 0.632. The number of Topliss-reactive ketones (excluding diaryl/α,β-unsaturated/α-hetero) is 1. The fourth-order valence-corrected chi connectivity index (χ4v) is 3.63. The van der Waals surface area contributed by atoms with Gasteiger partial charge in [-0.3, -0.25) is 4.79 Å². The Balaban J connectivity index is 2.12. The van der Waals surface area contributed by atoms with Gasteiger partial charge in [-0.15, -0.1) is 0 Å². The Morgan fingerprint density at radius 2 is 1.21 bits per heavy atom. The molecule has 0 bridgehead atoms. The molecule has 2 aromatic heterocycles. The molecule has 0 radical (unpaired) electrons. The maximum absolute atomic E-state index is 12.8. The van der Waals surface area contributed by atoms with Crippen molar-refractivity contribution in [1.82, 2.24) is 0 Å². The predicted molar refractivity (Wildman–Crippen MR) is 96.5 cm³/mol. The lowest BCUT2D eigenvalue weighted by Gasteiger charge is -2.27. The van der Waals surface area contributed by atoms with Gasteiger partial charge in [-0.25, -0.2) is 0 Å². The molecule has 24 heavy (non-hydrogen) atoms. The van der Waals surface area contributed by atoms with Crippen LogP contribution in [-0.4, -0.2) is 5.78 Å². The van der Waals surface area contributed by atoms with Gasteiger partial charge >= 0.3 is 0 Å². The van der Waals surface area contributed by atoms with Crippen molar-refractivity contribution in [2.24, 2.45) is 0 Å². The van der Waals surface area contributed by atoms with Crippen molar-refractivity contribution < 1.29 is 13.6 Å². The van der Waals surface area contributed by atoms with Crippen molar-refractivity contribution in [3.8, 4) is 0 Å². The zero-order valence-corrected chi connectivity index (χ0v) is 15.9. The molecule has 0 aliphatic carbocycles. The van der Waals surface area contributed by atoms with E-state index >= 15 is 0 Å². The molecule has 2 rings (SSSR count). The zero-order valence-electron chi connectivity index (χ0n) is 15.9. The van der Waals surface area contributed by atoms with Crippen molar-refractivity contribution in [2.45, 2.75) is 78.1 Å². The van der Waals surface area contributed by atoms with Crippen LogP contribution >= 0.6 is 0 Å². The number of carbonyl (C=O) groups is 1. The summed E-state index contributed by atoms with van der Waals surface area (Å²) >= 11 is 0. The first-order chi connectivity index (χ1) is 11.2. The lowest BCUT2D eigenvalue weighted by atomic mass is 9.77. The van der Waals surface area contributed by atoms with Crippen LogP contribution in [0.4, 0.5) is 0 Å². The molecule has 0 aromatic carbocycles. The Hall–Kier alpha value is -1.77. The molecule has 2 aromatic rings. The number of ketones is 1. The van der Waals surface area contributed by atoms with E-state index in [0.717, 1.165) is 24.4 Å². The normalized spacial score (nSPS) is 12.6. The van der Waals surface area contributed by atoms with Crippen LogP contribution in [0.5, 0.6) is 0 Å². The lowest BCUT2D eigenvalue weighted by molar-refractivity contribution is -0.121. The molecule has 0 spiro atoms. The SMILES string of the molecule is CCc1ccoc1C(C)(C)CC(=O)CC(C)(C)c1occc1CC. The highest BCUT2D eigenvalue weighted by Gasteiger charge is 2.34. The minimum absolute atomic E-state index is 0.238. The van der Waals surface area contributed by atoms with E-state index in [2.05, 4.69) is 41.5 Å². The molecule has 0 atom stereocenters. The summed E-state index contributed by atoms with van der Waals surface area (Å²) in [4.78, 5) is 12.8. The summed E-state index contributed by atoms with van der Waals surface area (Å²) in [6.07, 6.45) is 6.22. The largest absolute Gasteiger partial charge is 0.468 e. The molecule has 132 valence electrons. The second-order valence-electron chi connectivity index (χ2n) is 7.92. The van der Waals surface area contributed by atoms with Crippen LogP contribution < -0.4 is 0 Å². The molecule has 0 saturated heterocycles. The van der Waals surface area contributed by atoms with Crippen molar-refractivity contribution in [3.05, 3.63) is 47.3 Å². The minimum atomic E-state index is -0.293. The number of aryl methyl sites for hydroxylation is 2. The van der Waals surface area contributed by atoms with E-state index in [0.29, 0.717) is 12.8 Å². The number of carbonyl (C=O) groups excluding carboxylic acids is 1. The van der Waals surface area contributed by atoms with Crippen molar-refractivity contribution in [3.63, 3.8) is 0 Å². The molecule has 0 unspecified atom stereocenters. The molecule has 3 heteroatoms. The number of furan rings is 2. The second-order valence-corrected chi connectivity index (χ2v) is 7.92. The molecule has 0 aliphatic rings. The van der Waals surface area contributed by atoms with Gasteiger partial charge in [-0.2, -0.15) is 0 Å². The summed E-state index contributed by atoms with van der Waals surface area (Å²) < 4.78 is 11.4. The van der Waals surface area contributed by atoms with E-state index in [9.17, 15) is 4.79 Å². The third-order valence-corrected chi connectivity index (χ3v) is 4.76. The van der Waals surface area contributed by atoms with Crippen molar-refractivity contribution in [2.75, 3.05) is 0 Å². The maximum atomic E-state index is 12.8. The number of rotatable bonds is 8. The Morgan fingerprint density at radius 1 is 0.833 bits per heavy atom. The average Bonchev–Trinajstić information content (AvgIpc) is 3.14. The van der Waals surface area contributed by atoms with E-state index < -0.39 is 0 Å². The third-order valence-electron chi connectivity index (χ3n) is 4.76. The van der Waals surface area contributed by atoms with Crippen LogP contribution in [0.3, 0.4) is 0 Å². The Labute approximate surface area is 145 Å². The predicted octanol–water partition coefficient (Wildman–Crippen LogP) is 5.60. The van der Waals surface area contributed by atoms with Crippen molar-refractivity contribution in [1.29, 1.82) is 0 Å².